The summed E-state index contributed by atoms with van der Waals surface area (Å²) in [5.41, 5.74) is 0. The maximum absolute atomic E-state index is 12.1. The summed E-state index contributed by atoms with van der Waals surface area (Å²) in [6, 6.07) is 0.677. The number of aromatic nitrogens is 2. The highest BCUT2D eigenvalue weighted by atomic mass is 32.2. The number of amides is 1. The standard InChI is InChI=1S/C8H12N4O3S/c1-6-8(13)9-4-5-12(6)16(14,15)7-2-3-10-11-7/h2-3,6H,4-5H2,1H3,(H,9,13)(H,10,11). The van der Waals surface area contributed by atoms with Crippen LogP contribution < -0.4 is 5.32 Å². The van der Waals surface area contributed by atoms with Crippen molar-refractivity contribution in [1.82, 2.24) is 19.8 Å². The lowest BCUT2D eigenvalue weighted by Gasteiger charge is -2.31. The third-order valence-corrected chi connectivity index (χ3v) is 4.40. The molecule has 2 N–H and O–H groups in total. The number of rotatable bonds is 2. The van der Waals surface area contributed by atoms with Crippen LogP contribution in [0.25, 0.3) is 0 Å². The van der Waals surface area contributed by atoms with Gasteiger partial charge in [0.15, 0.2) is 5.03 Å². The van der Waals surface area contributed by atoms with E-state index in [2.05, 4.69) is 15.5 Å². The molecule has 1 aromatic rings. The van der Waals surface area contributed by atoms with Crippen molar-refractivity contribution < 1.29 is 13.2 Å². The van der Waals surface area contributed by atoms with Crippen molar-refractivity contribution >= 4 is 15.9 Å². The Hall–Kier alpha value is -1.41. The normalized spacial score (nSPS) is 23.1. The highest BCUT2D eigenvalue weighted by Gasteiger charge is 2.36. The van der Waals surface area contributed by atoms with Gasteiger partial charge >= 0.3 is 0 Å². The second-order valence-electron chi connectivity index (χ2n) is 3.50. The van der Waals surface area contributed by atoms with Crippen LogP contribution in [0.1, 0.15) is 6.92 Å². The smallest absolute Gasteiger partial charge is 0.260 e. The van der Waals surface area contributed by atoms with E-state index in [4.69, 9.17) is 0 Å². The first-order chi connectivity index (χ1) is 7.53. The summed E-state index contributed by atoms with van der Waals surface area (Å²) in [7, 11) is -3.65. The van der Waals surface area contributed by atoms with Crippen molar-refractivity contribution in [3.05, 3.63) is 12.3 Å². The van der Waals surface area contributed by atoms with E-state index in [1.54, 1.807) is 6.92 Å². The van der Waals surface area contributed by atoms with Gasteiger partial charge in [-0.25, -0.2) is 8.42 Å². The molecule has 2 rings (SSSR count). The number of nitrogens with one attached hydrogen (secondary N) is 2. The van der Waals surface area contributed by atoms with Crippen LogP contribution in [0, 0.1) is 0 Å². The Morgan fingerprint density at radius 1 is 1.56 bits per heavy atom. The van der Waals surface area contributed by atoms with Gasteiger partial charge in [-0.3, -0.25) is 9.89 Å². The van der Waals surface area contributed by atoms with Gasteiger partial charge in [-0.15, -0.1) is 0 Å². The summed E-state index contributed by atoms with van der Waals surface area (Å²) < 4.78 is 25.3. The summed E-state index contributed by atoms with van der Waals surface area (Å²) in [6.45, 7) is 2.16. The molecule has 1 aliphatic rings. The molecule has 0 aliphatic carbocycles. The van der Waals surface area contributed by atoms with Gasteiger partial charge in [0, 0.05) is 13.1 Å². The minimum atomic E-state index is -3.65. The lowest BCUT2D eigenvalue weighted by molar-refractivity contribution is -0.126. The van der Waals surface area contributed by atoms with Crippen molar-refractivity contribution in [2.24, 2.45) is 0 Å². The van der Waals surface area contributed by atoms with Gasteiger partial charge in [-0.05, 0) is 13.0 Å². The molecule has 1 aliphatic heterocycles. The van der Waals surface area contributed by atoms with E-state index in [9.17, 15) is 13.2 Å². The molecular formula is C8H12N4O3S. The minimum absolute atomic E-state index is 0.00838. The molecule has 2 heterocycles. The maximum Gasteiger partial charge on any atom is 0.260 e. The van der Waals surface area contributed by atoms with Crippen LogP contribution in [-0.4, -0.2) is 48.0 Å². The van der Waals surface area contributed by atoms with E-state index in [0.29, 0.717) is 6.54 Å². The molecule has 88 valence electrons. The molecule has 1 amide bonds. The quantitative estimate of drug-likeness (QED) is 0.691. The lowest BCUT2D eigenvalue weighted by atomic mass is 10.2. The largest absolute Gasteiger partial charge is 0.353 e. The van der Waals surface area contributed by atoms with Crippen LogP contribution in [0.3, 0.4) is 0 Å². The molecule has 1 aromatic heterocycles. The van der Waals surface area contributed by atoms with E-state index in [1.165, 1.54) is 16.6 Å². The Bertz CT molecular complexity index is 481. The number of H-pyrrole nitrogens is 1. The topological polar surface area (TPSA) is 95.2 Å². The number of sulfonamides is 1. The van der Waals surface area contributed by atoms with Gasteiger partial charge in [0.1, 0.15) is 6.04 Å². The molecular weight excluding hydrogens is 232 g/mol. The van der Waals surface area contributed by atoms with Crippen LogP contribution in [-0.2, 0) is 14.8 Å². The molecule has 1 atom stereocenters. The first kappa shape index (κ1) is 11.1. The Balaban J connectivity index is 2.34. The predicted molar refractivity (Wildman–Crippen MR) is 55.0 cm³/mol. The van der Waals surface area contributed by atoms with E-state index >= 15 is 0 Å². The van der Waals surface area contributed by atoms with Crippen LogP contribution in [0.15, 0.2) is 17.3 Å². The van der Waals surface area contributed by atoms with Crippen molar-refractivity contribution in [2.45, 2.75) is 18.0 Å². The second kappa shape index (κ2) is 3.87. The SMILES string of the molecule is CC1C(=O)NCCN1S(=O)(=O)c1ccn[nH]1. The van der Waals surface area contributed by atoms with Crippen molar-refractivity contribution in [3.8, 4) is 0 Å². The Labute approximate surface area is 92.9 Å². The van der Waals surface area contributed by atoms with Gasteiger partial charge in [-0.1, -0.05) is 0 Å². The number of piperazine rings is 1. The van der Waals surface area contributed by atoms with E-state index in [-0.39, 0.29) is 17.5 Å². The average Bonchev–Trinajstić information content (AvgIpc) is 2.75. The van der Waals surface area contributed by atoms with Gasteiger partial charge < -0.3 is 5.32 Å². The van der Waals surface area contributed by atoms with E-state index in [0.717, 1.165) is 0 Å². The first-order valence-electron chi connectivity index (χ1n) is 4.82. The summed E-state index contributed by atoms with van der Waals surface area (Å²) in [4.78, 5) is 11.4. The van der Waals surface area contributed by atoms with E-state index in [1.807, 2.05) is 0 Å². The predicted octanol–water partition coefficient (Wildman–Crippen LogP) is -1.08. The highest BCUT2D eigenvalue weighted by Crippen LogP contribution is 2.17. The molecule has 0 bridgehead atoms. The molecule has 0 spiro atoms. The van der Waals surface area contributed by atoms with Gasteiger partial charge in [0.05, 0.1) is 6.20 Å². The molecule has 7 nitrogen and oxygen atoms in total. The third kappa shape index (κ3) is 1.69. The van der Waals surface area contributed by atoms with Crippen LogP contribution >= 0.6 is 0 Å². The first-order valence-corrected chi connectivity index (χ1v) is 6.26. The van der Waals surface area contributed by atoms with Crippen molar-refractivity contribution in [1.29, 1.82) is 0 Å². The molecule has 0 saturated carbocycles. The third-order valence-electron chi connectivity index (χ3n) is 2.50. The van der Waals surface area contributed by atoms with Gasteiger partial charge in [0.25, 0.3) is 10.0 Å². The molecule has 0 radical (unpaired) electrons. The number of aromatic amines is 1. The fraction of sp³-hybridized carbons (Fsp3) is 0.500. The highest BCUT2D eigenvalue weighted by molar-refractivity contribution is 7.89. The van der Waals surface area contributed by atoms with Crippen molar-refractivity contribution in [2.75, 3.05) is 13.1 Å². The minimum Gasteiger partial charge on any atom is -0.353 e. The number of hydrogen-bond donors (Lipinski definition) is 2. The number of carbonyl (C=O) groups is 1. The zero-order chi connectivity index (χ0) is 11.8. The van der Waals surface area contributed by atoms with Gasteiger partial charge in [0.2, 0.25) is 5.91 Å². The molecule has 0 aromatic carbocycles. The average molecular weight is 244 g/mol. The zero-order valence-corrected chi connectivity index (χ0v) is 9.49. The molecule has 1 saturated heterocycles. The summed E-state index contributed by atoms with van der Waals surface area (Å²) in [6.07, 6.45) is 1.36. The lowest BCUT2D eigenvalue weighted by Crippen LogP contribution is -2.55. The van der Waals surface area contributed by atoms with Crippen molar-refractivity contribution in [3.63, 3.8) is 0 Å². The molecule has 1 fully saturated rings. The monoisotopic (exact) mass is 244 g/mol. The summed E-state index contributed by atoms with van der Waals surface area (Å²) >= 11 is 0. The van der Waals surface area contributed by atoms with E-state index < -0.39 is 16.1 Å². The number of nitrogens with zero attached hydrogens (tertiary/aromatic N) is 2. The summed E-state index contributed by atoms with van der Waals surface area (Å²) in [5.74, 6) is -0.283. The van der Waals surface area contributed by atoms with Gasteiger partial charge in [-0.2, -0.15) is 9.40 Å². The number of carbonyl (C=O) groups excluding carboxylic acids is 1. The second-order valence-corrected chi connectivity index (χ2v) is 5.36. The zero-order valence-electron chi connectivity index (χ0n) is 8.67. The molecule has 1 unspecified atom stereocenters. The Morgan fingerprint density at radius 2 is 2.31 bits per heavy atom. The number of hydrogen-bond acceptors (Lipinski definition) is 4. The van der Waals surface area contributed by atoms with Crippen LogP contribution in [0.5, 0.6) is 0 Å². The maximum atomic E-state index is 12.1. The van der Waals surface area contributed by atoms with Crippen LogP contribution in [0.2, 0.25) is 0 Å². The Morgan fingerprint density at radius 3 is 2.94 bits per heavy atom. The van der Waals surface area contributed by atoms with Crippen LogP contribution in [0.4, 0.5) is 0 Å². The Kier molecular flexibility index (Phi) is 2.68. The molecule has 8 heteroatoms. The molecule has 16 heavy (non-hydrogen) atoms. The summed E-state index contributed by atoms with van der Waals surface area (Å²) in [5, 5.41) is 8.61. The fourth-order valence-electron chi connectivity index (χ4n) is 1.60. The fourth-order valence-corrected chi connectivity index (χ4v) is 3.10.